The van der Waals surface area contributed by atoms with Crippen molar-refractivity contribution in [2.75, 3.05) is 46.4 Å². The third-order valence-electron chi connectivity index (χ3n) is 4.87. The Morgan fingerprint density at radius 3 is 2.34 bits per heavy atom. The molecule has 1 atom stereocenters. The summed E-state index contributed by atoms with van der Waals surface area (Å²) in [6.07, 6.45) is -0.711. The van der Waals surface area contributed by atoms with Crippen LogP contribution in [0.3, 0.4) is 0 Å². The van der Waals surface area contributed by atoms with Crippen LogP contribution in [-0.2, 0) is 4.74 Å². The highest BCUT2D eigenvalue weighted by atomic mass is 16.5. The standard InChI is InChI=1S/C22H26N2O5/c1-28-22(27)19-9-5-6-10-20(19)29-16-18(25)15-23-11-13-24(14-12-23)21(26)17-7-3-2-4-8-17/h2-10,18,25H,11-16H2,1H3. The maximum Gasteiger partial charge on any atom is 0.341 e. The van der Waals surface area contributed by atoms with Gasteiger partial charge in [0.25, 0.3) is 5.91 Å². The normalized spacial score (nSPS) is 15.6. The predicted molar refractivity (Wildman–Crippen MR) is 108 cm³/mol. The lowest BCUT2D eigenvalue weighted by molar-refractivity contribution is 0.0394. The number of para-hydroxylation sites is 1. The first kappa shape index (κ1) is 20.8. The van der Waals surface area contributed by atoms with Crippen LogP contribution in [0.4, 0.5) is 0 Å². The van der Waals surface area contributed by atoms with Gasteiger partial charge >= 0.3 is 5.97 Å². The number of β-amino-alcohol motifs (C(OH)–C–C–N with tert-alkyl or cyclic N) is 1. The number of esters is 1. The highest BCUT2D eigenvalue weighted by Crippen LogP contribution is 2.19. The summed E-state index contributed by atoms with van der Waals surface area (Å²) in [5.41, 5.74) is 1.02. The Hall–Kier alpha value is -2.90. The van der Waals surface area contributed by atoms with E-state index in [0.717, 1.165) is 0 Å². The van der Waals surface area contributed by atoms with Crippen molar-refractivity contribution in [1.82, 2.24) is 9.80 Å². The van der Waals surface area contributed by atoms with Gasteiger partial charge in [0.1, 0.15) is 24.0 Å². The maximum absolute atomic E-state index is 12.5. The number of aliphatic hydroxyl groups excluding tert-OH is 1. The summed E-state index contributed by atoms with van der Waals surface area (Å²) in [7, 11) is 1.32. The summed E-state index contributed by atoms with van der Waals surface area (Å²) in [6, 6.07) is 16.0. The molecule has 0 saturated carbocycles. The Labute approximate surface area is 170 Å². The van der Waals surface area contributed by atoms with Crippen molar-refractivity contribution in [3.05, 3.63) is 65.7 Å². The maximum atomic E-state index is 12.5. The van der Waals surface area contributed by atoms with Crippen LogP contribution in [0, 0.1) is 0 Å². The molecule has 1 N–H and O–H groups in total. The third kappa shape index (κ3) is 5.56. The molecule has 7 nitrogen and oxygen atoms in total. The highest BCUT2D eigenvalue weighted by molar-refractivity contribution is 5.94. The van der Waals surface area contributed by atoms with Crippen molar-refractivity contribution >= 4 is 11.9 Å². The number of carbonyl (C=O) groups is 2. The molecule has 2 aromatic rings. The van der Waals surface area contributed by atoms with Crippen LogP contribution in [0.15, 0.2) is 54.6 Å². The molecule has 0 aromatic heterocycles. The summed E-state index contributed by atoms with van der Waals surface area (Å²) in [6.45, 7) is 3.12. The number of rotatable bonds is 7. The molecule has 1 saturated heterocycles. The van der Waals surface area contributed by atoms with E-state index >= 15 is 0 Å². The van der Waals surface area contributed by atoms with Crippen LogP contribution in [0.1, 0.15) is 20.7 Å². The minimum Gasteiger partial charge on any atom is -0.490 e. The first-order valence-corrected chi connectivity index (χ1v) is 9.63. The molecular weight excluding hydrogens is 372 g/mol. The second kappa shape index (κ2) is 10.0. The Balaban J connectivity index is 1.45. The van der Waals surface area contributed by atoms with Gasteiger partial charge in [0.2, 0.25) is 0 Å². The second-order valence-corrected chi connectivity index (χ2v) is 6.91. The van der Waals surface area contributed by atoms with Crippen molar-refractivity contribution < 1.29 is 24.2 Å². The molecule has 0 aliphatic carbocycles. The van der Waals surface area contributed by atoms with Crippen molar-refractivity contribution in [3.8, 4) is 5.75 Å². The molecule has 3 rings (SSSR count). The van der Waals surface area contributed by atoms with E-state index in [1.54, 1.807) is 24.3 Å². The van der Waals surface area contributed by atoms with E-state index in [4.69, 9.17) is 9.47 Å². The summed E-state index contributed by atoms with van der Waals surface area (Å²) >= 11 is 0. The van der Waals surface area contributed by atoms with Gasteiger partial charge in [-0.1, -0.05) is 30.3 Å². The number of ether oxygens (including phenoxy) is 2. The van der Waals surface area contributed by atoms with Crippen LogP contribution in [0.5, 0.6) is 5.75 Å². The molecule has 7 heteroatoms. The van der Waals surface area contributed by atoms with E-state index in [-0.39, 0.29) is 12.5 Å². The monoisotopic (exact) mass is 398 g/mol. The number of aliphatic hydroxyl groups is 1. The number of hydrogen-bond acceptors (Lipinski definition) is 6. The van der Waals surface area contributed by atoms with Gasteiger partial charge in [-0.2, -0.15) is 0 Å². The van der Waals surface area contributed by atoms with Crippen molar-refractivity contribution in [2.24, 2.45) is 0 Å². The zero-order valence-electron chi connectivity index (χ0n) is 16.5. The van der Waals surface area contributed by atoms with Crippen LogP contribution in [-0.4, -0.2) is 79.3 Å². The van der Waals surface area contributed by atoms with E-state index in [1.807, 2.05) is 35.2 Å². The number of nitrogens with zero attached hydrogens (tertiary/aromatic N) is 2. The largest absolute Gasteiger partial charge is 0.490 e. The fourth-order valence-electron chi connectivity index (χ4n) is 3.30. The molecule has 1 aliphatic heterocycles. The van der Waals surface area contributed by atoms with E-state index in [1.165, 1.54) is 7.11 Å². The number of amides is 1. The fraction of sp³-hybridized carbons (Fsp3) is 0.364. The van der Waals surface area contributed by atoms with Crippen LogP contribution in [0.2, 0.25) is 0 Å². The Kier molecular flexibility index (Phi) is 7.21. The van der Waals surface area contributed by atoms with Crippen LogP contribution >= 0.6 is 0 Å². The molecule has 2 aromatic carbocycles. The fourth-order valence-corrected chi connectivity index (χ4v) is 3.30. The summed E-state index contributed by atoms with van der Waals surface area (Å²) < 4.78 is 10.4. The van der Waals surface area contributed by atoms with Gasteiger partial charge in [-0.3, -0.25) is 9.69 Å². The second-order valence-electron chi connectivity index (χ2n) is 6.91. The SMILES string of the molecule is COC(=O)c1ccccc1OCC(O)CN1CCN(C(=O)c2ccccc2)CC1. The third-order valence-corrected chi connectivity index (χ3v) is 4.87. The minimum absolute atomic E-state index is 0.0357. The van der Waals surface area contributed by atoms with Gasteiger partial charge in [-0.05, 0) is 24.3 Å². The van der Waals surface area contributed by atoms with E-state index in [2.05, 4.69) is 4.90 Å². The molecule has 29 heavy (non-hydrogen) atoms. The highest BCUT2D eigenvalue weighted by Gasteiger charge is 2.23. The first-order valence-electron chi connectivity index (χ1n) is 9.63. The number of hydrogen-bond donors (Lipinski definition) is 1. The molecule has 0 spiro atoms. The quantitative estimate of drug-likeness (QED) is 0.715. The zero-order chi connectivity index (χ0) is 20.6. The lowest BCUT2D eigenvalue weighted by Crippen LogP contribution is -2.51. The molecule has 154 valence electrons. The van der Waals surface area contributed by atoms with Gasteiger partial charge in [0, 0.05) is 38.3 Å². The number of carbonyl (C=O) groups excluding carboxylic acids is 2. The van der Waals surface area contributed by atoms with Gasteiger partial charge in [-0.15, -0.1) is 0 Å². The molecule has 1 unspecified atom stereocenters. The van der Waals surface area contributed by atoms with E-state index in [9.17, 15) is 14.7 Å². The molecule has 1 fully saturated rings. The molecule has 0 radical (unpaired) electrons. The van der Waals surface area contributed by atoms with Gasteiger partial charge < -0.3 is 19.5 Å². The van der Waals surface area contributed by atoms with Crippen molar-refractivity contribution in [1.29, 1.82) is 0 Å². The number of piperazine rings is 1. The summed E-state index contributed by atoms with van der Waals surface area (Å²) in [4.78, 5) is 28.2. The zero-order valence-corrected chi connectivity index (χ0v) is 16.5. The Morgan fingerprint density at radius 2 is 1.66 bits per heavy atom. The lowest BCUT2D eigenvalue weighted by atomic mass is 10.2. The van der Waals surface area contributed by atoms with Crippen molar-refractivity contribution in [2.45, 2.75) is 6.10 Å². The van der Waals surface area contributed by atoms with Gasteiger partial charge in [0.05, 0.1) is 7.11 Å². The predicted octanol–water partition coefficient (Wildman–Crippen LogP) is 1.67. The summed E-state index contributed by atoms with van der Waals surface area (Å²) in [5, 5.41) is 10.3. The van der Waals surface area contributed by atoms with E-state index < -0.39 is 12.1 Å². The van der Waals surface area contributed by atoms with Crippen molar-refractivity contribution in [3.63, 3.8) is 0 Å². The van der Waals surface area contributed by atoms with Gasteiger partial charge in [-0.25, -0.2) is 4.79 Å². The number of benzene rings is 2. The summed E-state index contributed by atoms with van der Waals surface area (Å²) in [5.74, 6) is -0.0560. The number of methoxy groups -OCH3 is 1. The Bertz CT molecular complexity index is 819. The molecule has 0 bridgehead atoms. The molecule has 1 amide bonds. The average Bonchev–Trinajstić information content (AvgIpc) is 2.78. The smallest absolute Gasteiger partial charge is 0.341 e. The van der Waals surface area contributed by atoms with Crippen LogP contribution < -0.4 is 4.74 Å². The van der Waals surface area contributed by atoms with Crippen LogP contribution in [0.25, 0.3) is 0 Å². The Morgan fingerprint density at radius 1 is 1.00 bits per heavy atom. The lowest BCUT2D eigenvalue weighted by Gasteiger charge is -2.35. The molecule has 1 aliphatic rings. The van der Waals surface area contributed by atoms with Gasteiger partial charge in [0.15, 0.2) is 0 Å². The molecular formula is C22H26N2O5. The van der Waals surface area contributed by atoms with E-state index in [0.29, 0.717) is 49.6 Å². The molecule has 1 heterocycles. The first-order chi connectivity index (χ1) is 14.1. The average molecular weight is 398 g/mol. The topological polar surface area (TPSA) is 79.3 Å². The minimum atomic E-state index is -0.711.